The number of nitrogens with zero attached hydrogens (tertiary/aromatic N) is 1. The van der Waals surface area contributed by atoms with Gasteiger partial charge in [0, 0.05) is 11.1 Å². The maximum atomic E-state index is 12.9. The van der Waals surface area contributed by atoms with E-state index >= 15 is 0 Å². The van der Waals surface area contributed by atoms with Crippen LogP contribution >= 0.6 is 0 Å². The molecule has 1 aromatic heterocycles. The Morgan fingerprint density at radius 2 is 1.32 bits per heavy atom. The van der Waals surface area contributed by atoms with Crippen LogP contribution in [-0.2, 0) is 6.18 Å². The van der Waals surface area contributed by atoms with Crippen LogP contribution in [-0.4, -0.2) is 4.57 Å². The van der Waals surface area contributed by atoms with E-state index in [2.05, 4.69) is 6.07 Å². The van der Waals surface area contributed by atoms with E-state index in [0.717, 1.165) is 34.3 Å². The lowest BCUT2D eigenvalue weighted by Crippen LogP contribution is -2.05. The highest BCUT2D eigenvalue weighted by molar-refractivity contribution is 5.89. The molecular weight excluding hydrogens is 323 g/mol. The van der Waals surface area contributed by atoms with Crippen LogP contribution < -0.4 is 0 Å². The van der Waals surface area contributed by atoms with Gasteiger partial charge in [0.05, 0.1) is 16.8 Å². The highest BCUT2D eigenvalue weighted by atomic mass is 19.4. The maximum Gasteiger partial charge on any atom is 0.416 e. The minimum Gasteiger partial charge on any atom is -0.309 e. The van der Waals surface area contributed by atoms with Crippen LogP contribution in [0.3, 0.4) is 0 Å². The minimum atomic E-state index is -4.33. The Hall–Kier alpha value is -3.01. The van der Waals surface area contributed by atoms with Gasteiger partial charge in [-0.25, -0.2) is 0 Å². The van der Waals surface area contributed by atoms with Crippen LogP contribution in [0.25, 0.3) is 27.8 Å². The summed E-state index contributed by atoms with van der Waals surface area (Å²) in [4.78, 5) is 0. The van der Waals surface area contributed by atoms with Gasteiger partial charge >= 0.3 is 6.18 Å². The Balaban J connectivity index is 1.94. The van der Waals surface area contributed by atoms with Crippen molar-refractivity contribution < 1.29 is 13.2 Å². The second-order valence-corrected chi connectivity index (χ2v) is 5.83. The number of halogens is 3. The van der Waals surface area contributed by atoms with Gasteiger partial charge in [0.2, 0.25) is 0 Å². The molecule has 0 aliphatic rings. The van der Waals surface area contributed by atoms with Crippen LogP contribution in [0.5, 0.6) is 0 Å². The van der Waals surface area contributed by atoms with Crippen LogP contribution in [0.4, 0.5) is 13.2 Å². The molecule has 0 amide bonds. The van der Waals surface area contributed by atoms with Gasteiger partial charge in [0.1, 0.15) is 0 Å². The van der Waals surface area contributed by atoms with E-state index in [4.69, 9.17) is 0 Å². The van der Waals surface area contributed by atoms with E-state index in [-0.39, 0.29) is 0 Å². The largest absolute Gasteiger partial charge is 0.416 e. The van der Waals surface area contributed by atoms with E-state index in [9.17, 15) is 13.2 Å². The molecule has 25 heavy (non-hydrogen) atoms. The summed E-state index contributed by atoms with van der Waals surface area (Å²) in [5.41, 5.74) is 2.98. The molecule has 0 aliphatic heterocycles. The monoisotopic (exact) mass is 337 g/mol. The highest BCUT2D eigenvalue weighted by Gasteiger charge is 2.30. The lowest BCUT2D eigenvalue weighted by Gasteiger charge is -2.13. The van der Waals surface area contributed by atoms with E-state index < -0.39 is 11.7 Å². The first-order chi connectivity index (χ1) is 12.0. The van der Waals surface area contributed by atoms with Gasteiger partial charge < -0.3 is 4.57 Å². The molecule has 4 rings (SSSR count). The van der Waals surface area contributed by atoms with Gasteiger partial charge in [-0.15, -0.1) is 0 Å². The Morgan fingerprint density at radius 3 is 2.00 bits per heavy atom. The summed E-state index contributed by atoms with van der Waals surface area (Å²) in [6.45, 7) is 0. The molecule has 0 saturated heterocycles. The lowest BCUT2D eigenvalue weighted by atomic mass is 10.1. The van der Waals surface area contributed by atoms with Gasteiger partial charge in [-0.05, 0) is 42.0 Å². The van der Waals surface area contributed by atoms with Crippen molar-refractivity contribution in [1.82, 2.24) is 4.57 Å². The summed E-state index contributed by atoms with van der Waals surface area (Å²) in [6.07, 6.45) is -4.33. The number of benzene rings is 3. The molecule has 0 bridgehead atoms. The number of alkyl halides is 3. The van der Waals surface area contributed by atoms with Gasteiger partial charge in [0.15, 0.2) is 0 Å². The molecule has 4 aromatic rings. The minimum absolute atomic E-state index is 0.644. The number of fused-ring (bicyclic) bond motifs is 1. The summed E-state index contributed by atoms with van der Waals surface area (Å²) in [6, 6.07) is 25.0. The summed E-state index contributed by atoms with van der Waals surface area (Å²) in [5.74, 6) is 0. The molecular formula is C21H14F3N. The van der Waals surface area contributed by atoms with Crippen molar-refractivity contribution >= 4 is 10.9 Å². The summed E-state index contributed by atoms with van der Waals surface area (Å²) in [7, 11) is 0. The molecule has 3 aromatic carbocycles. The summed E-state index contributed by atoms with van der Waals surface area (Å²) < 4.78 is 40.5. The van der Waals surface area contributed by atoms with Gasteiger partial charge in [-0.2, -0.15) is 13.2 Å². The Labute approximate surface area is 143 Å². The molecule has 0 fully saturated rings. The fraction of sp³-hybridized carbons (Fsp3) is 0.0476. The van der Waals surface area contributed by atoms with Crippen LogP contribution in [0.2, 0.25) is 0 Å². The van der Waals surface area contributed by atoms with E-state index in [1.165, 1.54) is 12.1 Å². The van der Waals surface area contributed by atoms with Gasteiger partial charge in [0.25, 0.3) is 0 Å². The van der Waals surface area contributed by atoms with Crippen molar-refractivity contribution in [3.63, 3.8) is 0 Å². The Bertz CT molecular complexity index is 1010. The maximum absolute atomic E-state index is 12.9. The first-order valence-corrected chi connectivity index (χ1v) is 7.87. The fourth-order valence-electron chi connectivity index (χ4n) is 3.05. The smallest absolute Gasteiger partial charge is 0.309 e. The zero-order valence-corrected chi connectivity index (χ0v) is 13.2. The van der Waals surface area contributed by atoms with Crippen LogP contribution in [0.1, 0.15) is 5.56 Å². The third-order valence-electron chi connectivity index (χ3n) is 4.23. The van der Waals surface area contributed by atoms with Gasteiger partial charge in [-0.1, -0.05) is 48.5 Å². The number of hydrogen-bond acceptors (Lipinski definition) is 0. The van der Waals surface area contributed by atoms with E-state index in [0.29, 0.717) is 5.69 Å². The molecule has 1 nitrogen and oxygen atoms in total. The summed E-state index contributed by atoms with van der Waals surface area (Å²) >= 11 is 0. The quantitative estimate of drug-likeness (QED) is 0.403. The standard InChI is InChI=1S/C21H14F3N/c22-21(23,24)17-10-12-18(13-11-17)25-19-9-5-4-8-16(19)14-20(25)15-6-2-1-3-7-15/h1-14H. The van der Waals surface area contributed by atoms with Gasteiger partial charge in [-0.3, -0.25) is 0 Å². The third-order valence-corrected chi connectivity index (χ3v) is 4.23. The average molecular weight is 337 g/mol. The SMILES string of the molecule is FC(F)(F)c1ccc(-n2c(-c3ccccc3)cc3ccccc32)cc1. The van der Waals surface area contributed by atoms with Crippen molar-refractivity contribution in [2.24, 2.45) is 0 Å². The van der Waals surface area contributed by atoms with E-state index in [1.807, 2.05) is 59.2 Å². The normalized spacial score (nSPS) is 11.8. The molecule has 124 valence electrons. The zero-order chi connectivity index (χ0) is 17.4. The summed E-state index contributed by atoms with van der Waals surface area (Å²) in [5, 5.41) is 1.04. The Kier molecular flexibility index (Phi) is 3.61. The molecule has 0 saturated carbocycles. The lowest BCUT2D eigenvalue weighted by molar-refractivity contribution is -0.137. The van der Waals surface area contributed by atoms with Crippen LogP contribution in [0.15, 0.2) is 84.9 Å². The molecule has 0 radical (unpaired) electrons. The molecule has 0 unspecified atom stereocenters. The predicted octanol–water partition coefficient (Wildman–Crippen LogP) is 6.32. The predicted molar refractivity (Wildman–Crippen MR) is 93.7 cm³/mol. The molecule has 0 atom stereocenters. The first kappa shape index (κ1) is 15.5. The molecule has 4 heteroatoms. The molecule has 0 spiro atoms. The molecule has 1 heterocycles. The topological polar surface area (TPSA) is 4.93 Å². The van der Waals surface area contributed by atoms with Crippen LogP contribution in [0, 0.1) is 0 Å². The average Bonchev–Trinajstić information content (AvgIpc) is 3.01. The molecule has 0 N–H and O–H groups in total. The number of aromatic nitrogens is 1. The third kappa shape index (κ3) is 2.80. The number of para-hydroxylation sites is 1. The zero-order valence-electron chi connectivity index (χ0n) is 13.2. The first-order valence-electron chi connectivity index (χ1n) is 7.87. The second-order valence-electron chi connectivity index (χ2n) is 5.83. The van der Waals surface area contributed by atoms with Crippen molar-refractivity contribution in [3.05, 3.63) is 90.5 Å². The second kappa shape index (κ2) is 5.81. The van der Waals surface area contributed by atoms with Crippen molar-refractivity contribution in [1.29, 1.82) is 0 Å². The molecule has 0 aliphatic carbocycles. The van der Waals surface area contributed by atoms with Crippen molar-refractivity contribution in [2.75, 3.05) is 0 Å². The number of hydrogen-bond donors (Lipinski definition) is 0. The highest BCUT2D eigenvalue weighted by Crippen LogP contribution is 2.33. The van der Waals surface area contributed by atoms with Crippen molar-refractivity contribution in [2.45, 2.75) is 6.18 Å². The number of rotatable bonds is 2. The Morgan fingerprint density at radius 1 is 0.680 bits per heavy atom. The van der Waals surface area contributed by atoms with Crippen molar-refractivity contribution in [3.8, 4) is 16.9 Å². The van der Waals surface area contributed by atoms with E-state index in [1.54, 1.807) is 0 Å². The fourth-order valence-corrected chi connectivity index (χ4v) is 3.05.